The number of guanidine groups is 1. The molecule has 5 heteroatoms. The van der Waals surface area contributed by atoms with E-state index in [9.17, 15) is 0 Å². The zero-order chi connectivity index (χ0) is 12.5. The fraction of sp³-hybridized carbons (Fsp3) is 0.917. The second-order valence-corrected chi connectivity index (χ2v) is 4.93. The largest absolute Gasteiger partial charge is 0.376 e. The van der Waals surface area contributed by atoms with E-state index >= 15 is 0 Å². The van der Waals surface area contributed by atoms with Crippen LogP contribution < -0.4 is 16.6 Å². The molecule has 17 heavy (non-hydrogen) atoms. The highest BCUT2D eigenvalue weighted by Crippen LogP contribution is 2.20. The second kappa shape index (κ2) is 8.31. The van der Waals surface area contributed by atoms with Crippen molar-refractivity contribution in [1.29, 1.82) is 0 Å². The average molecular weight is 242 g/mol. The fourth-order valence-electron chi connectivity index (χ4n) is 1.88. The molecule has 0 atom stereocenters. The number of hydrogen-bond donors (Lipinski definition) is 3. The molecule has 1 aliphatic rings. The van der Waals surface area contributed by atoms with Gasteiger partial charge in [0.2, 0.25) is 5.96 Å². The predicted molar refractivity (Wildman–Crippen MR) is 70.7 cm³/mol. The van der Waals surface area contributed by atoms with Crippen molar-refractivity contribution >= 4 is 5.96 Å². The minimum atomic E-state index is 0.471. The van der Waals surface area contributed by atoms with Crippen molar-refractivity contribution in [2.75, 3.05) is 19.7 Å². The first kappa shape index (κ1) is 14.3. The Kier molecular flexibility index (Phi) is 6.96. The van der Waals surface area contributed by atoms with Gasteiger partial charge in [-0.1, -0.05) is 26.7 Å². The Bertz CT molecular complexity index is 225. The van der Waals surface area contributed by atoms with E-state index in [1.54, 1.807) is 0 Å². The molecule has 0 saturated heterocycles. The maximum atomic E-state index is 5.74. The van der Waals surface area contributed by atoms with E-state index in [0.717, 1.165) is 13.1 Å². The Balaban J connectivity index is 2.08. The predicted octanol–water partition coefficient (Wildman–Crippen LogP) is 1.01. The summed E-state index contributed by atoms with van der Waals surface area (Å²) in [5, 5.41) is 3.14. The minimum Gasteiger partial charge on any atom is -0.376 e. The van der Waals surface area contributed by atoms with Crippen LogP contribution in [-0.2, 0) is 4.74 Å². The van der Waals surface area contributed by atoms with Crippen LogP contribution >= 0.6 is 0 Å². The maximum absolute atomic E-state index is 5.74. The summed E-state index contributed by atoms with van der Waals surface area (Å²) in [6.45, 7) is 6.49. The van der Waals surface area contributed by atoms with Gasteiger partial charge in [0.25, 0.3) is 0 Å². The molecule has 1 rings (SSSR count). The first-order valence-electron chi connectivity index (χ1n) is 6.59. The summed E-state index contributed by atoms with van der Waals surface area (Å²) in [7, 11) is 0. The third-order valence-electron chi connectivity index (χ3n) is 2.80. The SMILES string of the molecule is CC(C)CN=C(NN)NCCOC1CCCC1. The summed E-state index contributed by atoms with van der Waals surface area (Å²) in [6, 6.07) is 0. The molecule has 4 N–H and O–H groups in total. The second-order valence-electron chi connectivity index (χ2n) is 4.93. The lowest BCUT2D eigenvalue weighted by molar-refractivity contribution is 0.0622. The van der Waals surface area contributed by atoms with Crippen LogP contribution in [-0.4, -0.2) is 31.8 Å². The van der Waals surface area contributed by atoms with Crippen LogP contribution in [0.1, 0.15) is 39.5 Å². The molecular weight excluding hydrogens is 216 g/mol. The molecule has 0 spiro atoms. The average Bonchev–Trinajstić information content (AvgIpc) is 2.81. The molecule has 0 heterocycles. The molecule has 0 aromatic rings. The number of rotatable bonds is 6. The maximum Gasteiger partial charge on any atom is 0.205 e. The minimum absolute atomic E-state index is 0.471. The summed E-state index contributed by atoms with van der Waals surface area (Å²) in [5.41, 5.74) is 2.57. The molecular formula is C12H26N4O. The number of ether oxygens (including phenoxy) is 1. The number of nitrogens with one attached hydrogen (secondary N) is 2. The third-order valence-corrected chi connectivity index (χ3v) is 2.80. The van der Waals surface area contributed by atoms with Crippen LogP contribution in [0.4, 0.5) is 0 Å². The number of hydrogen-bond acceptors (Lipinski definition) is 3. The molecule has 1 fully saturated rings. The molecule has 0 bridgehead atoms. The molecule has 0 amide bonds. The molecule has 0 aromatic carbocycles. The van der Waals surface area contributed by atoms with E-state index in [2.05, 4.69) is 29.6 Å². The highest BCUT2D eigenvalue weighted by molar-refractivity contribution is 5.79. The number of aliphatic imine (C=N–C) groups is 1. The van der Waals surface area contributed by atoms with Crippen molar-refractivity contribution in [3.05, 3.63) is 0 Å². The first-order chi connectivity index (χ1) is 8.22. The van der Waals surface area contributed by atoms with Gasteiger partial charge >= 0.3 is 0 Å². The van der Waals surface area contributed by atoms with Crippen molar-refractivity contribution in [1.82, 2.24) is 10.7 Å². The molecule has 100 valence electrons. The van der Waals surface area contributed by atoms with Gasteiger partial charge < -0.3 is 10.1 Å². The lowest BCUT2D eigenvalue weighted by Gasteiger charge is -2.13. The van der Waals surface area contributed by atoms with Gasteiger partial charge in [-0.3, -0.25) is 10.4 Å². The molecule has 0 aromatic heterocycles. The van der Waals surface area contributed by atoms with Crippen LogP contribution in [0, 0.1) is 5.92 Å². The lowest BCUT2D eigenvalue weighted by Crippen LogP contribution is -2.43. The van der Waals surface area contributed by atoms with E-state index in [-0.39, 0.29) is 0 Å². The smallest absolute Gasteiger partial charge is 0.205 e. The van der Waals surface area contributed by atoms with Crippen molar-refractivity contribution in [3.63, 3.8) is 0 Å². The number of nitrogens with zero attached hydrogens (tertiary/aromatic N) is 1. The monoisotopic (exact) mass is 242 g/mol. The van der Waals surface area contributed by atoms with Gasteiger partial charge in [-0.05, 0) is 18.8 Å². The van der Waals surface area contributed by atoms with Crippen molar-refractivity contribution < 1.29 is 4.74 Å². The Morgan fingerprint density at radius 2 is 2.12 bits per heavy atom. The summed E-state index contributed by atoms with van der Waals surface area (Å²) < 4.78 is 5.74. The van der Waals surface area contributed by atoms with E-state index in [1.165, 1.54) is 25.7 Å². The van der Waals surface area contributed by atoms with Crippen LogP contribution in [0.3, 0.4) is 0 Å². The topological polar surface area (TPSA) is 71.7 Å². The van der Waals surface area contributed by atoms with Gasteiger partial charge in [-0.25, -0.2) is 5.84 Å². The van der Waals surface area contributed by atoms with Crippen LogP contribution in [0.25, 0.3) is 0 Å². The van der Waals surface area contributed by atoms with E-state index in [1.807, 2.05) is 0 Å². The summed E-state index contributed by atoms with van der Waals surface area (Å²) in [4.78, 5) is 4.32. The fourth-order valence-corrected chi connectivity index (χ4v) is 1.88. The van der Waals surface area contributed by atoms with Crippen molar-refractivity contribution in [3.8, 4) is 0 Å². The van der Waals surface area contributed by atoms with E-state index in [0.29, 0.717) is 24.6 Å². The Morgan fingerprint density at radius 1 is 1.41 bits per heavy atom. The molecule has 1 saturated carbocycles. The zero-order valence-electron chi connectivity index (χ0n) is 11.0. The summed E-state index contributed by atoms with van der Waals surface area (Å²) >= 11 is 0. The van der Waals surface area contributed by atoms with Gasteiger partial charge in [-0.2, -0.15) is 0 Å². The Morgan fingerprint density at radius 3 is 2.71 bits per heavy atom. The zero-order valence-corrected chi connectivity index (χ0v) is 11.0. The van der Waals surface area contributed by atoms with E-state index in [4.69, 9.17) is 10.6 Å². The summed E-state index contributed by atoms with van der Waals surface area (Å²) in [6.07, 6.45) is 5.51. The molecule has 5 nitrogen and oxygen atoms in total. The van der Waals surface area contributed by atoms with E-state index < -0.39 is 0 Å². The van der Waals surface area contributed by atoms with Gasteiger partial charge in [0, 0.05) is 13.1 Å². The molecule has 0 unspecified atom stereocenters. The van der Waals surface area contributed by atoms with Crippen LogP contribution in [0.2, 0.25) is 0 Å². The quantitative estimate of drug-likeness (QED) is 0.214. The van der Waals surface area contributed by atoms with Crippen molar-refractivity contribution in [2.45, 2.75) is 45.6 Å². The Hall–Kier alpha value is -0.810. The first-order valence-corrected chi connectivity index (χ1v) is 6.59. The van der Waals surface area contributed by atoms with Crippen molar-refractivity contribution in [2.24, 2.45) is 16.8 Å². The lowest BCUT2D eigenvalue weighted by atomic mass is 10.2. The molecule has 0 radical (unpaired) electrons. The van der Waals surface area contributed by atoms with Gasteiger partial charge in [0.15, 0.2) is 0 Å². The standard InChI is InChI=1S/C12H26N4O/c1-10(2)9-15-12(16-13)14-7-8-17-11-5-3-4-6-11/h10-11H,3-9,13H2,1-2H3,(H2,14,15,16). The number of hydrazine groups is 1. The van der Waals surface area contributed by atoms with Crippen LogP contribution in [0.15, 0.2) is 4.99 Å². The van der Waals surface area contributed by atoms with Gasteiger partial charge in [0.1, 0.15) is 0 Å². The van der Waals surface area contributed by atoms with Crippen LogP contribution in [0.5, 0.6) is 0 Å². The normalized spacial score (nSPS) is 17.8. The Labute approximate surface area is 104 Å². The highest BCUT2D eigenvalue weighted by atomic mass is 16.5. The highest BCUT2D eigenvalue weighted by Gasteiger charge is 2.14. The molecule has 0 aliphatic heterocycles. The number of nitrogens with two attached hydrogens (primary N) is 1. The van der Waals surface area contributed by atoms with Gasteiger partial charge in [0.05, 0.1) is 12.7 Å². The third kappa shape index (κ3) is 6.48. The summed E-state index contributed by atoms with van der Waals surface area (Å²) in [5.74, 6) is 6.56. The van der Waals surface area contributed by atoms with Gasteiger partial charge in [-0.15, -0.1) is 0 Å². The molecule has 1 aliphatic carbocycles.